The highest BCUT2D eigenvalue weighted by molar-refractivity contribution is 5.71. The summed E-state index contributed by atoms with van der Waals surface area (Å²) in [6.45, 7) is -0.0413. The molecule has 0 amide bonds. The number of esters is 1. The average Bonchev–Trinajstić information content (AvgIpc) is 2.81. The lowest BCUT2D eigenvalue weighted by molar-refractivity contribution is -0.151. The minimum Gasteiger partial charge on any atom is -0.482 e. The molecule has 1 saturated carbocycles. The maximum absolute atomic E-state index is 11.5. The van der Waals surface area contributed by atoms with Crippen molar-refractivity contribution in [3.05, 3.63) is 24.3 Å². The summed E-state index contributed by atoms with van der Waals surface area (Å²) in [6, 6.07) is 6.94. The van der Waals surface area contributed by atoms with Crippen LogP contribution in [0.5, 0.6) is 5.75 Å². The number of carbonyl (C=O) groups is 1. The first kappa shape index (κ1) is 11.8. The Morgan fingerprint density at radius 1 is 1.24 bits per heavy atom. The molecular weight excluding hydrogens is 218 g/mol. The number of nitrogens with two attached hydrogens (primary N) is 1. The maximum Gasteiger partial charge on any atom is 0.344 e. The van der Waals surface area contributed by atoms with Crippen LogP contribution < -0.4 is 10.5 Å². The van der Waals surface area contributed by atoms with E-state index in [0.29, 0.717) is 11.4 Å². The third-order valence-electron chi connectivity index (χ3n) is 2.84. The molecule has 4 heteroatoms. The highest BCUT2D eigenvalue weighted by Crippen LogP contribution is 2.21. The van der Waals surface area contributed by atoms with Gasteiger partial charge in [-0.1, -0.05) is 0 Å². The third kappa shape index (κ3) is 3.66. The van der Waals surface area contributed by atoms with Gasteiger partial charge in [0.05, 0.1) is 0 Å². The number of ether oxygens (including phenoxy) is 2. The molecule has 1 aliphatic rings. The fourth-order valence-electron chi connectivity index (χ4n) is 1.93. The van der Waals surface area contributed by atoms with Crippen LogP contribution in [0, 0.1) is 0 Å². The van der Waals surface area contributed by atoms with Crippen LogP contribution in [-0.2, 0) is 9.53 Å². The lowest BCUT2D eigenvalue weighted by Gasteiger charge is -2.11. The van der Waals surface area contributed by atoms with Crippen molar-refractivity contribution in [3.8, 4) is 5.75 Å². The molecule has 92 valence electrons. The molecule has 0 spiro atoms. The van der Waals surface area contributed by atoms with E-state index in [1.54, 1.807) is 24.3 Å². The second-order valence-electron chi connectivity index (χ2n) is 4.25. The average molecular weight is 235 g/mol. The van der Waals surface area contributed by atoms with Crippen molar-refractivity contribution in [2.75, 3.05) is 12.3 Å². The number of anilines is 1. The number of hydrogen-bond acceptors (Lipinski definition) is 4. The molecule has 0 atom stereocenters. The van der Waals surface area contributed by atoms with Crippen LogP contribution in [0.4, 0.5) is 5.69 Å². The predicted octanol–water partition coefficient (Wildman–Crippen LogP) is 2.13. The van der Waals surface area contributed by atoms with E-state index in [-0.39, 0.29) is 18.7 Å². The summed E-state index contributed by atoms with van der Waals surface area (Å²) in [5.74, 6) is 0.330. The van der Waals surface area contributed by atoms with E-state index in [4.69, 9.17) is 15.2 Å². The Morgan fingerprint density at radius 3 is 2.53 bits per heavy atom. The molecule has 0 radical (unpaired) electrons. The minimum atomic E-state index is -0.297. The van der Waals surface area contributed by atoms with Crippen LogP contribution in [0.3, 0.4) is 0 Å². The SMILES string of the molecule is Nc1ccc(OCC(=O)OC2CCCC2)cc1. The molecule has 0 heterocycles. The monoisotopic (exact) mass is 235 g/mol. The predicted molar refractivity (Wildman–Crippen MR) is 64.7 cm³/mol. The molecule has 0 aliphatic heterocycles. The summed E-state index contributed by atoms with van der Waals surface area (Å²) in [5, 5.41) is 0. The molecular formula is C13H17NO3. The number of carbonyl (C=O) groups excluding carboxylic acids is 1. The molecule has 0 saturated heterocycles. The van der Waals surface area contributed by atoms with Crippen molar-refractivity contribution in [3.63, 3.8) is 0 Å². The first-order valence-corrected chi connectivity index (χ1v) is 5.92. The number of benzene rings is 1. The summed E-state index contributed by atoms with van der Waals surface area (Å²) >= 11 is 0. The molecule has 17 heavy (non-hydrogen) atoms. The largest absolute Gasteiger partial charge is 0.482 e. The Hall–Kier alpha value is -1.71. The summed E-state index contributed by atoms with van der Waals surface area (Å²) in [5.41, 5.74) is 6.22. The van der Waals surface area contributed by atoms with Gasteiger partial charge in [-0.3, -0.25) is 0 Å². The summed E-state index contributed by atoms with van der Waals surface area (Å²) < 4.78 is 10.6. The van der Waals surface area contributed by atoms with Crippen molar-refractivity contribution in [1.29, 1.82) is 0 Å². The van der Waals surface area contributed by atoms with E-state index < -0.39 is 0 Å². The minimum absolute atomic E-state index is 0.0413. The molecule has 0 bridgehead atoms. The lowest BCUT2D eigenvalue weighted by atomic mass is 10.3. The van der Waals surface area contributed by atoms with Crippen LogP contribution in [0.25, 0.3) is 0 Å². The zero-order chi connectivity index (χ0) is 12.1. The van der Waals surface area contributed by atoms with Gasteiger partial charge in [-0.25, -0.2) is 4.79 Å². The first-order valence-electron chi connectivity index (χ1n) is 5.92. The maximum atomic E-state index is 11.5. The standard InChI is InChI=1S/C13H17NO3/c14-10-5-7-11(8-6-10)16-9-13(15)17-12-3-1-2-4-12/h5-8,12H,1-4,9,14H2. The molecule has 0 unspecified atom stereocenters. The fourth-order valence-corrected chi connectivity index (χ4v) is 1.93. The molecule has 2 rings (SSSR count). The van der Waals surface area contributed by atoms with Crippen molar-refractivity contribution in [2.24, 2.45) is 0 Å². The molecule has 4 nitrogen and oxygen atoms in total. The van der Waals surface area contributed by atoms with E-state index in [2.05, 4.69) is 0 Å². The van der Waals surface area contributed by atoms with E-state index in [0.717, 1.165) is 25.7 Å². The molecule has 1 aromatic rings. The van der Waals surface area contributed by atoms with E-state index >= 15 is 0 Å². The van der Waals surface area contributed by atoms with E-state index in [1.807, 2.05) is 0 Å². The zero-order valence-corrected chi connectivity index (χ0v) is 9.72. The number of hydrogen-bond donors (Lipinski definition) is 1. The molecule has 2 N–H and O–H groups in total. The van der Waals surface area contributed by atoms with Gasteiger partial charge in [-0.2, -0.15) is 0 Å². The van der Waals surface area contributed by atoms with Gasteiger partial charge in [0.2, 0.25) is 0 Å². The van der Waals surface area contributed by atoms with Crippen LogP contribution in [0.1, 0.15) is 25.7 Å². The zero-order valence-electron chi connectivity index (χ0n) is 9.72. The van der Waals surface area contributed by atoms with Gasteiger partial charge in [0.25, 0.3) is 0 Å². The van der Waals surface area contributed by atoms with Crippen molar-refractivity contribution < 1.29 is 14.3 Å². The van der Waals surface area contributed by atoms with Crippen LogP contribution in [0.2, 0.25) is 0 Å². The smallest absolute Gasteiger partial charge is 0.344 e. The summed E-state index contributed by atoms with van der Waals surface area (Å²) in [4.78, 5) is 11.5. The highest BCUT2D eigenvalue weighted by atomic mass is 16.6. The topological polar surface area (TPSA) is 61.5 Å². The fraction of sp³-hybridized carbons (Fsp3) is 0.462. The van der Waals surface area contributed by atoms with Gasteiger partial charge in [0, 0.05) is 5.69 Å². The van der Waals surface area contributed by atoms with Gasteiger partial charge in [0.1, 0.15) is 11.9 Å². The Kier molecular flexibility index (Phi) is 3.85. The second kappa shape index (κ2) is 5.57. The van der Waals surface area contributed by atoms with Gasteiger partial charge in [-0.15, -0.1) is 0 Å². The quantitative estimate of drug-likeness (QED) is 0.641. The van der Waals surface area contributed by atoms with Crippen molar-refractivity contribution in [1.82, 2.24) is 0 Å². The van der Waals surface area contributed by atoms with Gasteiger partial charge in [-0.05, 0) is 49.9 Å². The van der Waals surface area contributed by atoms with E-state index in [9.17, 15) is 4.79 Å². The Morgan fingerprint density at radius 2 is 1.88 bits per heavy atom. The van der Waals surface area contributed by atoms with Crippen LogP contribution in [-0.4, -0.2) is 18.7 Å². The van der Waals surface area contributed by atoms with Crippen LogP contribution >= 0.6 is 0 Å². The molecule has 0 aromatic heterocycles. The molecule has 1 aliphatic carbocycles. The number of rotatable bonds is 4. The Bertz CT molecular complexity index is 369. The molecule has 1 fully saturated rings. The van der Waals surface area contributed by atoms with Gasteiger partial charge in [0.15, 0.2) is 6.61 Å². The third-order valence-corrected chi connectivity index (χ3v) is 2.84. The first-order chi connectivity index (χ1) is 8.24. The van der Waals surface area contributed by atoms with Gasteiger partial charge < -0.3 is 15.2 Å². The van der Waals surface area contributed by atoms with Crippen molar-refractivity contribution in [2.45, 2.75) is 31.8 Å². The Labute approximate surface area is 101 Å². The van der Waals surface area contributed by atoms with E-state index in [1.165, 1.54) is 0 Å². The lowest BCUT2D eigenvalue weighted by Crippen LogP contribution is -2.20. The number of nitrogen functional groups attached to an aromatic ring is 1. The van der Waals surface area contributed by atoms with Crippen molar-refractivity contribution >= 4 is 11.7 Å². The normalized spacial score (nSPS) is 15.8. The van der Waals surface area contributed by atoms with Gasteiger partial charge >= 0.3 is 5.97 Å². The highest BCUT2D eigenvalue weighted by Gasteiger charge is 2.19. The molecule has 1 aromatic carbocycles. The summed E-state index contributed by atoms with van der Waals surface area (Å²) in [6.07, 6.45) is 4.35. The second-order valence-corrected chi connectivity index (χ2v) is 4.25. The van der Waals surface area contributed by atoms with Crippen LogP contribution in [0.15, 0.2) is 24.3 Å². The summed E-state index contributed by atoms with van der Waals surface area (Å²) in [7, 11) is 0. The Balaban J connectivity index is 1.73.